The van der Waals surface area contributed by atoms with Crippen molar-refractivity contribution >= 4 is 0 Å². The van der Waals surface area contributed by atoms with Crippen molar-refractivity contribution in [1.82, 2.24) is 0 Å². The fraction of sp³-hybridized carbons (Fsp3) is 0.625. The Hall–Kier alpha value is -0.820. The van der Waals surface area contributed by atoms with Gasteiger partial charge in [-0.3, -0.25) is 0 Å². The van der Waals surface area contributed by atoms with Crippen molar-refractivity contribution in [3.05, 3.63) is 35.4 Å². The van der Waals surface area contributed by atoms with Crippen molar-refractivity contribution in [3.8, 4) is 0 Å². The molecule has 94 valence electrons. The van der Waals surface area contributed by atoms with E-state index in [2.05, 4.69) is 26.0 Å². The van der Waals surface area contributed by atoms with Crippen LogP contribution in [0.3, 0.4) is 0 Å². The lowest BCUT2D eigenvalue weighted by atomic mass is 9.84. The van der Waals surface area contributed by atoms with Crippen molar-refractivity contribution in [3.63, 3.8) is 0 Å². The second-order valence-electron chi connectivity index (χ2n) is 5.55. The van der Waals surface area contributed by atoms with Crippen LogP contribution in [-0.4, -0.2) is 5.11 Å². The van der Waals surface area contributed by atoms with Crippen LogP contribution in [0.15, 0.2) is 24.3 Å². The van der Waals surface area contributed by atoms with Crippen LogP contribution in [0.5, 0.6) is 0 Å². The lowest BCUT2D eigenvalue weighted by molar-refractivity contribution is 0.0190. The minimum Gasteiger partial charge on any atom is -0.385 e. The standard InChI is InChI=1S/C16H24O/c1-3-14-8-6-11-16(17,12-10-14)15-9-5-4-7-13(15)2/h4-5,7,9,14,17H,3,6,8,10-12H2,1-2H3. The van der Waals surface area contributed by atoms with Crippen molar-refractivity contribution in [2.24, 2.45) is 5.92 Å². The highest BCUT2D eigenvalue weighted by Crippen LogP contribution is 2.39. The summed E-state index contributed by atoms with van der Waals surface area (Å²) in [6.07, 6.45) is 6.71. The van der Waals surface area contributed by atoms with E-state index < -0.39 is 5.60 Å². The van der Waals surface area contributed by atoms with Gasteiger partial charge in [-0.25, -0.2) is 0 Å². The van der Waals surface area contributed by atoms with Gasteiger partial charge in [0.1, 0.15) is 0 Å². The van der Waals surface area contributed by atoms with Gasteiger partial charge in [-0.15, -0.1) is 0 Å². The molecule has 1 N–H and O–H groups in total. The SMILES string of the molecule is CCC1CCCC(O)(c2ccccc2C)CC1. The molecule has 1 saturated carbocycles. The monoisotopic (exact) mass is 232 g/mol. The third-order valence-electron chi connectivity index (χ3n) is 4.39. The third kappa shape index (κ3) is 2.71. The molecule has 17 heavy (non-hydrogen) atoms. The van der Waals surface area contributed by atoms with Crippen LogP contribution in [-0.2, 0) is 5.60 Å². The van der Waals surface area contributed by atoms with E-state index in [4.69, 9.17) is 0 Å². The Morgan fingerprint density at radius 1 is 1.24 bits per heavy atom. The molecule has 0 spiro atoms. The molecule has 2 atom stereocenters. The largest absolute Gasteiger partial charge is 0.385 e. The zero-order valence-corrected chi connectivity index (χ0v) is 11.1. The van der Waals surface area contributed by atoms with Crippen LogP contribution in [0.4, 0.5) is 0 Å². The van der Waals surface area contributed by atoms with Crippen LogP contribution in [0, 0.1) is 12.8 Å². The molecule has 0 amide bonds. The van der Waals surface area contributed by atoms with Crippen molar-refractivity contribution in [1.29, 1.82) is 0 Å². The fourth-order valence-corrected chi connectivity index (χ4v) is 3.17. The molecule has 1 aromatic rings. The van der Waals surface area contributed by atoms with E-state index in [-0.39, 0.29) is 0 Å². The molecule has 1 nitrogen and oxygen atoms in total. The summed E-state index contributed by atoms with van der Waals surface area (Å²) in [6, 6.07) is 8.30. The minimum absolute atomic E-state index is 0.574. The Labute approximate surface area is 105 Å². The van der Waals surface area contributed by atoms with E-state index in [1.54, 1.807) is 0 Å². The molecule has 0 saturated heterocycles. The minimum atomic E-state index is -0.574. The molecule has 0 radical (unpaired) electrons. The predicted octanol–water partition coefficient (Wildman–Crippen LogP) is 4.17. The molecule has 0 bridgehead atoms. The summed E-state index contributed by atoms with van der Waals surface area (Å²) in [4.78, 5) is 0. The molecule has 0 heterocycles. The third-order valence-corrected chi connectivity index (χ3v) is 4.39. The first-order valence-corrected chi connectivity index (χ1v) is 6.94. The molecule has 0 aliphatic heterocycles. The second kappa shape index (κ2) is 5.22. The Bertz CT molecular complexity index is 372. The zero-order valence-electron chi connectivity index (χ0n) is 11.1. The molecular weight excluding hydrogens is 208 g/mol. The average Bonchev–Trinajstić information content (AvgIpc) is 2.52. The maximum atomic E-state index is 10.9. The van der Waals surface area contributed by atoms with E-state index in [0.717, 1.165) is 30.7 Å². The first-order chi connectivity index (χ1) is 8.15. The fourth-order valence-electron chi connectivity index (χ4n) is 3.17. The number of hydrogen-bond acceptors (Lipinski definition) is 1. The Morgan fingerprint density at radius 3 is 2.71 bits per heavy atom. The number of hydrogen-bond donors (Lipinski definition) is 1. The first kappa shape index (κ1) is 12.6. The average molecular weight is 232 g/mol. The maximum absolute atomic E-state index is 10.9. The Balaban J connectivity index is 2.21. The predicted molar refractivity (Wildman–Crippen MR) is 71.9 cm³/mol. The summed E-state index contributed by atoms with van der Waals surface area (Å²) >= 11 is 0. The molecule has 1 aromatic carbocycles. The van der Waals surface area contributed by atoms with Crippen LogP contribution >= 0.6 is 0 Å². The van der Waals surface area contributed by atoms with Gasteiger partial charge in [0.05, 0.1) is 5.60 Å². The number of benzene rings is 1. The summed E-state index contributed by atoms with van der Waals surface area (Å²) < 4.78 is 0. The van der Waals surface area contributed by atoms with Crippen LogP contribution in [0.1, 0.15) is 56.6 Å². The van der Waals surface area contributed by atoms with Gasteiger partial charge < -0.3 is 5.11 Å². The molecule has 1 fully saturated rings. The van der Waals surface area contributed by atoms with E-state index in [1.165, 1.54) is 24.8 Å². The highest BCUT2D eigenvalue weighted by molar-refractivity contribution is 5.31. The van der Waals surface area contributed by atoms with Crippen LogP contribution < -0.4 is 0 Å². The van der Waals surface area contributed by atoms with Gasteiger partial charge in [-0.05, 0) is 49.7 Å². The van der Waals surface area contributed by atoms with Crippen molar-refractivity contribution in [2.75, 3.05) is 0 Å². The van der Waals surface area contributed by atoms with Crippen molar-refractivity contribution < 1.29 is 5.11 Å². The summed E-state index contributed by atoms with van der Waals surface area (Å²) in [5.41, 5.74) is 1.80. The van der Waals surface area contributed by atoms with Gasteiger partial charge in [0, 0.05) is 0 Å². The molecule has 1 heteroatoms. The molecular formula is C16H24O. The molecule has 2 rings (SSSR count). The molecule has 2 unspecified atom stereocenters. The molecule has 0 aromatic heterocycles. The maximum Gasteiger partial charge on any atom is 0.0899 e. The Kier molecular flexibility index (Phi) is 3.88. The van der Waals surface area contributed by atoms with E-state index in [9.17, 15) is 5.11 Å². The van der Waals surface area contributed by atoms with E-state index in [1.807, 2.05) is 12.1 Å². The van der Waals surface area contributed by atoms with Gasteiger partial charge in [0.25, 0.3) is 0 Å². The van der Waals surface area contributed by atoms with Gasteiger partial charge in [0.15, 0.2) is 0 Å². The van der Waals surface area contributed by atoms with Gasteiger partial charge in [0.2, 0.25) is 0 Å². The van der Waals surface area contributed by atoms with Crippen LogP contribution in [0.25, 0.3) is 0 Å². The second-order valence-corrected chi connectivity index (χ2v) is 5.55. The van der Waals surface area contributed by atoms with Gasteiger partial charge >= 0.3 is 0 Å². The normalized spacial score (nSPS) is 29.9. The highest BCUT2D eigenvalue weighted by Gasteiger charge is 2.32. The van der Waals surface area contributed by atoms with Crippen LogP contribution in [0.2, 0.25) is 0 Å². The topological polar surface area (TPSA) is 20.2 Å². The quantitative estimate of drug-likeness (QED) is 0.759. The van der Waals surface area contributed by atoms with E-state index >= 15 is 0 Å². The lowest BCUT2D eigenvalue weighted by Crippen LogP contribution is -2.25. The molecule has 1 aliphatic rings. The van der Waals surface area contributed by atoms with Gasteiger partial charge in [-0.1, -0.05) is 44.0 Å². The highest BCUT2D eigenvalue weighted by atomic mass is 16.3. The molecule has 1 aliphatic carbocycles. The lowest BCUT2D eigenvalue weighted by Gasteiger charge is -2.29. The Morgan fingerprint density at radius 2 is 2.00 bits per heavy atom. The summed E-state index contributed by atoms with van der Waals surface area (Å²) in [5, 5.41) is 10.9. The first-order valence-electron chi connectivity index (χ1n) is 6.94. The number of aryl methyl sites for hydroxylation is 1. The van der Waals surface area contributed by atoms with Crippen molar-refractivity contribution in [2.45, 2.75) is 58.0 Å². The zero-order chi connectivity index (χ0) is 12.3. The number of rotatable bonds is 2. The summed E-state index contributed by atoms with van der Waals surface area (Å²) in [7, 11) is 0. The smallest absolute Gasteiger partial charge is 0.0899 e. The summed E-state index contributed by atoms with van der Waals surface area (Å²) in [5.74, 6) is 0.813. The van der Waals surface area contributed by atoms with E-state index in [0.29, 0.717) is 0 Å². The summed E-state index contributed by atoms with van der Waals surface area (Å²) in [6.45, 7) is 4.37. The number of aliphatic hydroxyl groups is 1. The van der Waals surface area contributed by atoms with Gasteiger partial charge in [-0.2, -0.15) is 0 Å².